The highest BCUT2D eigenvalue weighted by molar-refractivity contribution is 5.79. The molecule has 23 heavy (non-hydrogen) atoms. The van der Waals surface area contributed by atoms with E-state index < -0.39 is 0 Å². The van der Waals surface area contributed by atoms with E-state index >= 15 is 0 Å². The van der Waals surface area contributed by atoms with Crippen LogP contribution < -0.4 is 25.3 Å². The molecule has 2 atom stereocenters. The maximum absolute atomic E-state index is 12.1. The molecule has 6 heteroatoms. The van der Waals surface area contributed by atoms with Gasteiger partial charge in [0.2, 0.25) is 5.91 Å². The first kappa shape index (κ1) is 17.4. The van der Waals surface area contributed by atoms with Gasteiger partial charge in [-0.3, -0.25) is 4.79 Å². The summed E-state index contributed by atoms with van der Waals surface area (Å²) in [6.45, 7) is 0.531. The maximum atomic E-state index is 12.1. The van der Waals surface area contributed by atoms with Gasteiger partial charge in [-0.2, -0.15) is 0 Å². The third-order valence-electron chi connectivity index (χ3n) is 4.34. The van der Waals surface area contributed by atoms with Crippen molar-refractivity contribution in [1.82, 2.24) is 5.32 Å². The van der Waals surface area contributed by atoms with Crippen molar-refractivity contribution >= 4 is 5.91 Å². The molecule has 1 amide bonds. The van der Waals surface area contributed by atoms with Crippen LogP contribution in [0.5, 0.6) is 17.2 Å². The van der Waals surface area contributed by atoms with Gasteiger partial charge in [0.15, 0.2) is 0 Å². The normalized spacial score (nSPS) is 20.2. The number of nitrogens with two attached hydrogens (primary N) is 1. The van der Waals surface area contributed by atoms with Crippen LogP contribution in [0.2, 0.25) is 0 Å². The number of carbonyl (C=O) groups is 1. The Bertz CT molecular complexity index is 522. The second-order valence-corrected chi connectivity index (χ2v) is 5.82. The van der Waals surface area contributed by atoms with E-state index in [1.165, 1.54) is 0 Å². The smallest absolute Gasteiger partial charge is 0.223 e. The molecule has 128 valence electrons. The highest BCUT2D eigenvalue weighted by Crippen LogP contribution is 2.34. The number of amides is 1. The van der Waals surface area contributed by atoms with E-state index in [1.807, 2.05) is 12.1 Å². The number of nitrogens with one attached hydrogen (secondary N) is 1. The average Bonchev–Trinajstić information content (AvgIpc) is 3.01. The summed E-state index contributed by atoms with van der Waals surface area (Å²) >= 11 is 0. The van der Waals surface area contributed by atoms with Gasteiger partial charge >= 0.3 is 0 Å². The molecule has 0 saturated heterocycles. The molecule has 1 saturated carbocycles. The van der Waals surface area contributed by atoms with Crippen molar-refractivity contribution in [3.8, 4) is 17.2 Å². The number of carbonyl (C=O) groups excluding carboxylic acids is 1. The van der Waals surface area contributed by atoms with Crippen LogP contribution in [0.4, 0.5) is 0 Å². The number of ether oxygens (including phenoxy) is 3. The largest absolute Gasteiger partial charge is 0.496 e. The monoisotopic (exact) mass is 322 g/mol. The Labute approximate surface area is 137 Å². The standard InChI is InChI=1S/C17H26N2O4/c1-21-13-9-15(22-2)14(16(10-13)23-3)6-7-19-17(20)11-4-5-12(18)8-11/h9-12H,4-8,18H2,1-3H3,(H,19,20). The fourth-order valence-electron chi connectivity index (χ4n) is 3.03. The van der Waals surface area contributed by atoms with Crippen LogP contribution in [0.1, 0.15) is 24.8 Å². The average molecular weight is 322 g/mol. The summed E-state index contributed by atoms with van der Waals surface area (Å²) in [5.41, 5.74) is 6.78. The molecule has 1 aliphatic rings. The van der Waals surface area contributed by atoms with Crippen LogP contribution in [-0.4, -0.2) is 39.8 Å². The Balaban J connectivity index is 1.98. The number of hydrogen-bond donors (Lipinski definition) is 2. The third-order valence-corrected chi connectivity index (χ3v) is 4.34. The highest BCUT2D eigenvalue weighted by Gasteiger charge is 2.27. The summed E-state index contributed by atoms with van der Waals surface area (Å²) < 4.78 is 16.1. The molecule has 3 N–H and O–H groups in total. The van der Waals surface area contributed by atoms with Gasteiger partial charge in [-0.25, -0.2) is 0 Å². The second kappa shape index (κ2) is 8.06. The van der Waals surface area contributed by atoms with Crippen molar-refractivity contribution in [1.29, 1.82) is 0 Å². The molecular weight excluding hydrogens is 296 g/mol. The molecule has 0 radical (unpaired) electrons. The van der Waals surface area contributed by atoms with Crippen LogP contribution in [0.15, 0.2) is 12.1 Å². The first-order chi connectivity index (χ1) is 11.1. The summed E-state index contributed by atoms with van der Waals surface area (Å²) in [6, 6.07) is 3.79. The third kappa shape index (κ3) is 4.28. The molecule has 1 aromatic carbocycles. The zero-order chi connectivity index (χ0) is 16.8. The Hall–Kier alpha value is -1.95. The van der Waals surface area contributed by atoms with Crippen molar-refractivity contribution in [2.45, 2.75) is 31.7 Å². The van der Waals surface area contributed by atoms with Crippen molar-refractivity contribution in [2.24, 2.45) is 11.7 Å². The zero-order valence-electron chi connectivity index (χ0n) is 14.1. The molecule has 2 unspecified atom stereocenters. The van der Waals surface area contributed by atoms with Gasteiger partial charge in [0.05, 0.1) is 21.3 Å². The van der Waals surface area contributed by atoms with Gasteiger partial charge in [-0.1, -0.05) is 0 Å². The lowest BCUT2D eigenvalue weighted by atomic mass is 10.1. The minimum Gasteiger partial charge on any atom is -0.496 e. The lowest BCUT2D eigenvalue weighted by Crippen LogP contribution is -2.32. The SMILES string of the molecule is COc1cc(OC)c(CCNC(=O)C2CCC(N)C2)c(OC)c1. The van der Waals surface area contributed by atoms with Gasteiger partial charge in [-0.05, 0) is 25.7 Å². The molecule has 6 nitrogen and oxygen atoms in total. The summed E-state index contributed by atoms with van der Waals surface area (Å²) in [4.78, 5) is 12.1. The molecule has 1 aliphatic carbocycles. The molecule has 1 fully saturated rings. The quantitative estimate of drug-likeness (QED) is 0.795. The van der Waals surface area contributed by atoms with Crippen LogP contribution in [-0.2, 0) is 11.2 Å². The first-order valence-electron chi connectivity index (χ1n) is 7.91. The van der Waals surface area contributed by atoms with E-state index in [0.29, 0.717) is 30.2 Å². The van der Waals surface area contributed by atoms with Gasteiger partial charge in [0.1, 0.15) is 17.2 Å². The van der Waals surface area contributed by atoms with Gasteiger partial charge in [0.25, 0.3) is 0 Å². The van der Waals surface area contributed by atoms with Crippen molar-refractivity contribution in [3.63, 3.8) is 0 Å². The van der Waals surface area contributed by atoms with E-state index in [9.17, 15) is 4.79 Å². The Kier molecular flexibility index (Phi) is 6.10. The van der Waals surface area contributed by atoms with E-state index in [4.69, 9.17) is 19.9 Å². The molecule has 2 rings (SSSR count). The van der Waals surface area contributed by atoms with Gasteiger partial charge in [-0.15, -0.1) is 0 Å². The zero-order valence-corrected chi connectivity index (χ0v) is 14.1. The second-order valence-electron chi connectivity index (χ2n) is 5.82. The van der Waals surface area contributed by atoms with E-state index in [2.05, 4.69) is 5.32 Å². The molecule has 0 aliphatic heterocycles. The molecule has 0 aromatic heterocycles. The topological polar surface area (TPSA) is 82.8 Å². The number of methoxy groups -OCH3 is 3. The number of benzene rings is 1. The fourth-order valence-corrected chi connectivity index (χ4v) is 3.03. The van der Waals surface area contributed by atoms with E-state index in [-0.39, 0.29) is 17.9 Å². The van der Waals surface area contributed by atoms with E-state index in [0.717, 1.165) is 24.8 Å². The predicted molar refractivity (Wildman–Crippen MR) is 88.1 cm³/mol. The predicted octanol–water partition coefficient (Wildman–Crippen LogP) is 1.50. The number of rotatable bonds is 7. The van der Waals surface area contributed by atoms with Crippen molar-refractivity contribution in [2.75, 3.05) is 27.9 Å². The summed E-state index contributed by atoms with van der Waals surface area (Å²) in [7, 11) is 4.81. The van der Waals surface area contributed by atoms with Gasteiger partial charge in [0, 0.05) is 36.2 Å². The molecule has 0 bridgehead atoms. The first-order valence-corrected chi connectivity index (χ1v) is 7.91. The molecule has 0 heterocycles. The van der Waals surface area contributed by atoms with Crippen molar-refractivity contribution < 1.29 is 19.0 Å². The molecular formula is C17H26N2O4. The van der Waals surface area contributed by atoms with E-state index in [1.54, 1.807) is 21.3 Å². The van der Waals surface area contributed by atoms with Crippen LogP contribution in [0.3, 0.4) is 0 Å². The number of hydrogen-bond acceptors (Lipinski definition) is 5. The van der Waals surface area contributed by atoms with Crippen molar-refractivity contribution in [3.05, 3.63) is 17.7 Å². The minimum atomic E-state index is 0.0460. The minimum absolute atomic E-state index is 0.0460. The highest BCUT2D eigenvalue weighted by atomic mass is 16.5. The lowest BCUT2D eigenvalue weighted by Gasteiger charge is -2.16. The summed E-state index contributed by atoms with van der Waals surface area (Å²) in [6.07, 6.45) is 3.21. The van der Waals surface area contributed by atoms with Gasteiger partial charge < -0.3 is 25.3 Å². The Morgan fingerprint density at radius 2 is 1.83 bits per heavy atom. The summed E-state index contributed by atoms with van der Waals surface area (Å²) in [5.74, 6) is 2.19. The molecule has 1 aromatic rings. The lowest BCUT2D eigenvalue weighted by molar-refractivity contribution is -0.124. The molecule has 0 spiro atoms. The summed E-state index contributed by atoms with van der Waals surface area (Å²) in [5, 5.41) is 2.99. The van der Waals surface area contributed by atoms with Crippen LogP contribution >= 0.6 is 0 Å². The maximum Gasteiger partial charge on any atom is 0.223 e. The van der Waals surface area contributed by atoms with Crippen LogP contribution in [0.25, 0.3) is 0 Å². The van der Waals surface area contributed by atoms with Crippen LogP contribution in [0, 0.1) is 5.92 Å². The fraction of sp³-hybridized carbons (Fsp3) is 0.588. The Morgan fingerprint density at radius 3 is 2.30 bits per heavy atom. The Morgan fingerprint density at radius 1 is 1.17 bits per heavy atom.